The number of para-hydroxylation sites is 1. The normalized spacial score (nSPS) is 11.7. The highest BCUT2D eigenvalue weighted by Gasteiger charge is 2.21. The van der Waals surface area contributed by atoms with Gasteiger partial charge in [-0.25, -0.2) is 8.42 Å². The molecule has 0 atom stereocenters. The van der Waals surface area contributed by atoms with Crippen LogP contribution in [0.5, 0.6) is 0 Å². The number of benzene rings is 2. The van der Waals surface area contributed by atoms with Gasteiger partial charge in [0, 0.05) is 29.7 Å². The van der Waals surface area contributed by atoms with Crippen LogP contribution in [0, 0.1) is 10.1 Å². The molecule has 0 aliphatic rings. The molecule has 9 nitrogen and oxygen atoms in total. The largest absolute Gasteiger partial charge is 0.295 e. The third-order valence-corrected chi connectivity index (χ3v) is 5.30. The fraction of sp³-hybridized carbons (Fsp3) is 0.0526. The molecule has 0 saturated carbocycles. The molecule has 0 aliphatic carbocycles. The fourth-order valence-electron chi connectivity index (χ4n) is 2.43. The van der Waals surface area contributed by atoms with E-state index in [1.807, 2.05) is 0 Å². The van der Waals surface area contributed by atoms with Gasteiger partial charge in [0.2, 0.25) is 0 Å². The average molecular weight is 411 g/mol. The molecule has 0 fully saturated rings. The van der Waals surface area contributed by atoms with Gasteiger partial charge in [-0.3, -0.25) is 25.2 Å². The summed E-state index contributed by atoms with van der Waals surface area (Å²) in [6, 6.07) is 15.4. The summed E-state index contributed by atoms with van der Waals surface area (Å²) < 4.78 is 27.5. The summed E-state index contributed by atoms with van der Waals surface area (Å²) in [6.45, 7) is 1.72. The first-order valence-electron chi connectivity index (χ1n) is 8.44. The molecular formula is C19H17N5O4S. The van der Waals surface area contributed by atoms with Crippen molar-refractivity contribution in [2.45, 2.75) is 11.8 Å². The summed E-state index contributed by atoms with van der Waals surface area (Å²) in [7, 11) is -3.99. The number of aromatic nitrogens is 1. The van der Waals surface area contributed by atoms with Gasteiger partial charge in [-0.2, -0.15) is 5.10 Å². The maximum atomic E-state index is 12.6. The monoisotopic (exact) mass is 411 g/mol. The summed E-state index contributed by atoms with van der Waals surface area (Å²) in [4.78, 5) is 14.6. The molecule has 1 aromatic heterocycles. The number of sulfonamides is 1. The second kappa shape index (κ2) is 8.48. The van der Waals surface area contributed by atoms with Crippen molar-refractivity contribution in [2.75, 3.05) is 10.1 Å². The lowest BCUT2D eigenvalue weighted by molar-refractivity contribution is -0.384. The third-order valence-electron chi connectivity index (χ3n) is 3.93. The number of pyridine rings is 1. The SMILES string of the molecule is CC(=NNc1ccc(S(=O)(=O)Nc2ccccc2)cc1[N+](=O)[O-])c1cccnc1. The number of nitrogens with zero attached hydrogens (tertiary/aromatic N) is 3. The molecule has 3 rings (SSSR count). The lowest BCUT2D eigenvalue weighted by atomic mass is 10.2. The molecule has 10 heteroatoms. The van der Waals surface area contributed by atoms with Crippen LogP contribution in [-0.2, 0) is 10.0 Å². The fourth-order valence-corrected chi connectivity index (χ4v) is 3.51. The van der Waals surface area contributed by atoms with Gasteiger partial charge in [0.1, 0.15) is 5.69 Å². The van der Waals surface area contributed by atoms with Crippen LogP contribution in [0.4, 0.5) is 17.1 Å². The lowest BCUT2D eigenvalue weighted by Gasteiger charge is -2.09. The van der Waals surface area contributed by atoms with Crippen molar-refractivity contribution in [3.8, 4) is 0 Å². The standard InChI is InChI=1S/C19H17N5O4S/c1-14(15-6-5-11-20-13-15)21-22-18-10-9-17(12-19(18)24(25)26)29(27,28)23-16-7-3-2-4-8-16/h2-13,22-23H,1H3. The van der Waals surface area contributed by atoms with Crippen molar-refractivity contribution in [1.82, 2.24) is 4.98 Å². The number of rotatable bonds is 7. The van der Waals surface area contributed by atoms with E-state index in [-0.39, 0.29) is 10.6 Å². The number of nitro groups is 1. The van der Waals surface area contributed by atoms with E-state index < -0.39 is 20.6 Å². The Morgan fingerprint density at radius 2 is 1.86 bits per heavy atom. The van der Waals surface area contributed by atoms with Crippen molar-refractivity contribution in [2.24, 2.45) is 5.10 Å². The van der Waals surface area contributed by atoms with Gasteiger partial charge < -0.3 is 0 Å². The maximum absolute atomic E-state index is 12.6. The van der Waals surface area contributed by atoms with E-state index in [9.17, 15) is 18.5 Å². The predicted octanol–water partition coefficient (Wildman–Crippen LogP) is 3.63. The molecule has 3 aromatic rings. The second-order valence-electron chi connectivity index (χ2n) is 5.96. The Balaban J connectivity index is 1.88. The van der Waals surface area contributed by atoms with Crippen LogP contribution in [0.15, 0.2) is 83.1 Å². The first-order valence-corrected chi connectivity index (χ1v) is 9.92. The predicted molar refractivity (Wildman–Crippen MR) is 110 cm³/mol. The van der Waals surface area contributed by atoms with Gasteiger partial charge in [-0.1, -0.05) is 24.3 Å². The molecule has 148 valence electrons. The Morgan fingerprint density at radius 1 is 1.10 bits per heavy atom. The van der Waals surface area contributed by atoms with Crippen molar-refractivity contribution >= 4 is 32.8 Å². The number of hydrazone groups is 1. The third kappa shape index (κ3) is 4.93. The van der Waals surface area contributed by atoms with Crippen molar-refractivity contribution in [3.63, 3.8) is 0 Å². The van der Waals surface area contributed by atoms with E-state index in [0.29, 0.717) is 11.4 Å². The number of nitrogens with one attached hydrogen (secondary N) is 2. The zero-order chi connectivity index (χ0) is 20.9. The molecule has 29 heavy (non-hydrogen) atoms. The molecule has 0 saturated heterocycles. The molecule has 0 bridgehead atoms. The van der Waals surface area contributed by atoms with Crippen molar-refractivity contribution in [3.05, 3.63) is 88.7 Å². The van der Waals surface area contributed by atoms with Crippen LogP contribution in [0.2, 0.25) is 0 Å². The molecule has 1 heterocycles. The van der Waals surface area contributed by atoms with E-state index in [2.05, 4.69) is 20.2 Å². The average Bonchev–Trinajstić information content (AvgIpc) is 2.72. The highest BCUT2D eigenvalue weighted by molar-refractivity contribution is 7.92. The van der Waals surface area contributed by atoms with Crippen LogP contribution in [0.25, 0.3) is 0 Å². The van der Waals surface area contributed by atoms with Gasteiger partial charge in [-0.15, -0.1) is 0 Å². The van der Waals surface area contributed by atoms with Gasteiger partial charge >= 0.3 is 0 Å². The van der Waals surface area contributed by atoms with E-state index in [1.165, 1.54) is 12.1 Å². The van der Waals surface area contributed by atoms with E-state index in [1.54, 1.807) is 61.8 Å². The summed E-state index contributed by atoms with van der Waals surface area (Å²) in [6.07, 6.45) is 3.23. The molecule has 0 unspecified atom stereocenters. The minimum atomic E-state index is -3.99. The zero-order valence-corrected chi connectivity index (χ0v) is 16.1. The van der Waals surface area contributed by atoms with Crippen LogP contribution in [0.3, 0.4) is 0 Å². The van der Waals surface area contributed by atoms with E-state index in [4.69, 9.17) is 0 Å². The Labute approximate surface area is 167 Å². The minimum Gasteiger partial charge on any atom is -0.280 e. The maximum Gasteiger partial charge on any atom is 0.295 e. The number of anilines is 2. The molecule has 0 radical (unpaired) electrons. The number of nitro benzene ring substituents is 1. The van der Waals surface area contributed by atoms with Crippen LogP contribution >= 0.6 is 0 Å². The van der Waals surface area contributed by atoms with Crippen LogP contribution in [0.1, 0.15) is 12.5 Å². The van der Waals surface area contributed by atoms with Gasteiger partial charge in [-0.05, 0) is 37.3 Å². The molecular weight excluding hydrogens is 394 g/mol. The van der Waals surface area contributed by atoms with Gasteiger partial charge in [0.05, 0.1) is 15.5 Å². The highest BCUT2D eigenvalue weighted by Crippen LogP contribution is 2.28. The smallest absolute Gasteiger partial charge is 0.280 e. The minimum absolute atomic E-state index is 0.0666. The number of hydrogen-bond acceptors (Lipinski definition) is 7. The van der Waals surface area contributed by atoms with Gasteiger partial charge in [0.25, 0.3) is 15.7 Å². The molecule has 0 aliphatic heterocycles. The number of hydrogen-bond donors (Lipinski definition) is 2. The Bertz CT molecular complexity index is 1150. The Hall–Kier alpha value is -3.79. The summed E-state index contributed by atoms with van der Waals surface area (Å²) in [5.74, 6) is 0. The summed E-state index contributed by atoms with van der Waals surface area (Å²) in [5.41, 5.74) is 3.94. The topological polar surface area (TPSA) is 127 Å². The van der Waals surface area contributed by atoms with Gasteiger partial charge in [0.15, 0.2) is 0 Å². The molecule has 2 aromatic carbocycles. The molecule has 2 N–H and O–H groups in total. The summed E-state index contributed by atoms with van der Waals surface area (Å²) in [5, 5.41) is 15.6. The quantitative estimate of drug-likeness (QED) is 0.347. The second-order valence-corrected chi connectivity index (χ2v) is 7.64. The lowest BCUT2D eigenvalue weighted by Crippen LogP contribution is -2.13. The van der Waals surface area contributed by atoms with Crippen molar-refractivity contribution < 1.29 is 13.3 Å². The van der Waals surface area contributed by atoms with Crippen molar-refractivity contribution in [1.29, 1.82) is 0 Å². The van der Waals surface area contributed by atoms with Crippen LogP contribution in [-0.4, -0.2) is 24.0 Å². The van der Waals surface area contributed by atoms with E-state index in [0.717, 1.165) is 11.6 Å². The Kier molecular flexibility index (Phi) is 5.84. The first-order chi connectivity index (χ1) is 13.9. The summed E-state index contributed by atoms with van der Waals surface area (Å²) >= 11 is 0. The zero-order valence-electron chi connectivity index (χ0n) is 15.3. The van der Waals surface area contributed by atoms with Crippen LogP contribution < -0.4 is 10.1 Å². The molecule has 0 amide bonds. The first kappa shape index (κ1) is 20.0. The Morgan fingerprint density at radius 3 is 2.52 bits per heavy atom. The van der Waals surface area contributed by atoms with E-state index >= 15 is 0 Å². The molecule has 0 spiro atoms. The highest BCUT2D eigenvalue weighted by atomic mass is 32.2.